The monoisotopic (exact) mass is 293 g/mol. The second kappa shape index (κ2) is 5.90. The molecule has 0 amide bonds. The van der Waals surface area contributed by atoms with Crippen LogP contribution in [0.2, 0.25) is 5.02 Å². The van der Waals surface area contributed by atoms with Crippen molar-refractivity contribution in [2.45, 2.75) is 13.5 Å². The molecule has 20 heavy (non-hydrogen) atoms. The summed E-state index contributed by atoms with van der Waals surface area (Å²) in [6.07, 6.45) is 0. The lowest BCUT2D eigenvalue weighted by atomic mass is 10.2. The summed E-state index contributed by atoms with van der Waals surface area (Å²) >= 11 is 6.04. The molecule has 0 unspecified atom stereocenters. The van der Waals surface area contributed by atoms with E-state index < -0.39 is 4.92 Å². The maximum atomic E-state index is 11.0. The van der Waals surface area contributed by atoms with Gasteiger partial charge in [-0.1, -0.05) is 29.8 Å². The molecule has 0 aliphatic carbocycles. The van der Waals surface area contributed by atoms with Crippen LogP contribution in [0.15, 0.2) is 36.4 Å². The topological polar surface area (TPSA) is 72.6 Å². The van der Waals surface area contributed by atoms with Gasteiger partial charge in [-0.15, -0.1) is 0 Å². The van der Waals surface area contributed by atoms with Gasteiger partial charge in [0, 0.05) is 6.07 Å². The van der Waals surface area contributed by atoms with Crippen LogP contribution in [0.25, 0.3) is 0 Å². The van der Waals surface area contributed by atoms with Crippen molar-refractivity contribution in [1.82, 2.24) is 0 Å². The summed E-state index contributed by atoms with van der Waals surface area (Å²) in [5.41, 5.74) is 1.16. The summed E-state index contributed by atoms with van der Waals surface area (Å²) in [5.74, 6) is 0.470. The number of nitrogens with zero attached hydrogens (tertiary/aromatic N) is 1. The fraction of sp³-hybridized carbons (Fsp3) is 0.143. The van der Waals surface area contributed by atoms with E-state index in [2.05, 4.69) is 0 Å². The Morgan fingerprint density at radius 3 is 2.70 bits per heavy atom. The zero-order valence-electron chi connectivity index (χ0n) is 10.7. The Bertz CT molecular complexity index is 658. The number of para-hydroxylation sites is 1. The molecule has 0 aliphatic rings. The molecule has 2 rings (SSSR count). The molecule has 2 aromatic carbocycles. The van der Waals surface area contributed by atoms with Crippen LogP contribution in [-0.2, 0) is 6.61 Å². The van der Waals surface area contributed by atoms with Crippen molar-refractivity contribution in [3.8, 4) is 11.5 Å². The van der Waals surface area contributed by atoms with Crippen LogP contribution in [0.3, 0.4) is 0 Å². The average molecular weight is 294 g/mol. The van der Waals surface area contributed by atoms with Crippen molar-refractivity contribution in [2.75, 3.05) is 0 Å². The number of halogens is 1. The SMILES string of the molecule is Cc1cccc([N+](=O)[O-])c1Oc1ccc(CO)cc1Cl. The van der Waals surface area contributed by atoms with Crippen LogP contribution in [-0.4, -0.2) is 10.0 Å². The number of nitro groups is 1. The van der Waals surface area contributed by atoms with E-state index in [9.17, 15) is 10.1 Å². The molecule has 0 saturated heterocycles. The fourth-order valence-electron chi connectivity index (χ4n) is 1.75. The molecule has 0 aliphatic heterocycles. The summed E-state index contributed by atoms with van der Waals surface area (Å²) in [5, 5.41) is 20.3. The zero-order valence-corrected chi connectivity index (χ0v) is 11.4. The predicted molar refractivity (Wildman–Crippen MR) is 75.3 cm³/mol. The van der Waals surface area contributed by atoms with Gasteiger partial charge in [0.1, 0.15) is 5.75 Å². The minimum Gasteiger partial charge on any atom is -0.448 e. The van der Waals surface area contributed by atoms with Crippen LogP contribution >= 0.6 is 11.6 Å². The molecule has 0 radical (unpaired) electrons. The van der Waals surface area contributed by atoms with Gasteiger partial charge in [-0.2, -0.15) is 0 Å². The van der Waals surface area contributed by atoms with Crippen LogP contribution < -0.4 is 4.74 Å². The lowest BCUT2D eigenvalue weighted by molar-refractivity contribution is -0.385. The molecule has 1 N–H and O–H groups in total. The number of hydrogen-bond donors (Lipinski definition) is 1. The van der Waals surface area contributed by atoms with Gasteiger partial charge in [0.05, 0.1) is 16.6 Å². The highest BCUT2D eigenvalue weighted by molar-refractivity contribution is 6.32. The predicted octanol–water partition coefficient (Wildman–Crippen LogP) is 3.84. The molecule has 0 fully saturated rings. The number of rotatable bonds is 4. The van der Waals surface area contributed by atoms with Crippen molar-refractivity contribution in [3.63, 3.8) is 0 Å². The smallest absolute Gasteiger partial charge is 0.311 e. The number of aliphatic hydroxyl groups is 1. The van der Waals surface area contributed by atoms with Crippen LogP contribution in [0, 0.1) is 17.0 Å². The van der Waals surface area contributed by atoms with Crippen LogP contribution in [0.1, 0.15) is 11.1 Å². The third kappa shape index (κ3) is 2.89. The zero-order chi connectivity index (χ0) is 14.7. The molecule has 0 atom stereocenters. The molecule has 104 valence electrons. The van der Waals surface area contributed by atoms with E-state index in [1.165, 1.54) is 6.07 Å². The van der Waals surface area contributed by atoms with Gasteiger partial charge in [0.2, 0.25) is 5.75 Å². The molecule has 0 bridgehead atoms. The lowest BCUT2D eigenvalue weighted by Gasteiger charge is -2.11. The van der Waals surface area contributed by atoms with Gasteiger partial charge in [-0.3, -0.25) is 10.1 Å². The van der Waals surface area contributed by atoms with Crippen molar-refractivity contribution in [1.29, 1.82) is 0 Å². The number of aryl methyl sites for hydroxylation is 1. The summed E-state index contributed by atoms with van der Waals surface area (Å²) in [7, 11) is 0. The highest BCUT2D eigenvalue weighted by atomic mass is 35.5. The Labute approximate surface area is 120 Å². The molecule has 6 heteroatoms. The molecule has 0 aromatic heterocycles. The van der Waals surface area contributed by atoms with E-state index >= 15 is 0 Å². The standard InChI is InChI=1S/C14H12ClNO4/c1-9-3-2-4-12(16(18)19)14(9)20-13-6-5-10(8-17)7-11(13)15/h2-7,17H,8H2,1H3. The molecule has 0 saturated carbocycles. The number of benzene rings is 2. The van der Waals surface area contributed by atoms with Crippen molar-refractivity contribution >= 4 is 17.3 Å². The largest absolute Gasteiger partial charge is 0.448 e. The van der Waals surface area contributed by atoms with E-state index in [4.69, 9.17) is 21.4 Å². The van der Waals surface area contributed by atoms with E-state index in [0.29, 0.717) is 16.9 Å². The van der Waals surface area contributed by atoms with Crippen LogP contribution in [0.4, 0.5) is 5.69 Å². The molecule has 0 heterocycles. The Balaban J connectivity index is 2.42. The first kappa shape index (κ1) is 14.3. The molecular weight excluding hydrogens is 282 g/mol. The van der Waals surface area contributed by atoms with Gasteiger partial charge in [-0.05, 0) is 30.2 Å². The molecule has 2 aromatic rings. The summed E-state index contributed by atoms with van der Waals surface area (Å²) < 4.78 is 5.58. The number of hydrogen-bond acceptors (Lipinski definition) is 4. The van der Waals surface area contributed by atoms with Crippen molar-refractivity contribution in [3.05, 3.63) is 62.7 Å². The Morgan fingerprint density at radius 2 is 2.10 bits per heavy atom. The van der Waals surface area contributed by atoms with Gasteiger partial charge >= 0.3 is 5.69 Å². The van der Waals surface area contributed by atoms with E-state index in [0.717, 1.165) is 0 Å². The van der Waals surface area contributed by atoms with E-state index in [1.54, 1.807) is 37.3 Å². The minimum absolute atomic E-state index is 0.118. The third-order valence-electron chi connectivity index (χ3n) is 2.78. The number of ether oxygens (including phenoxy) is 1. The summed E-state index contributed by atoms with van der Waals surface area (Å²) in [6.45, 7) is 1.59. The van der Waals surface area contributed by atoms with Gasteiger partial charge in [0.25, 0.3) is 0 Å². The van der Waals surface area contributed by atoms with Gasteiger partial charge in [0.15, 0.2) is 0 Å². The second-order valence-electron chi connectivity index (χ2n) is 4.21. The van der Waals surface area contributed by atoms with Gasteiger partial charge < -0.3 is 9.84 Å². The van der Waals surface area contributed by atoms with Crippen LogP contribution in [0.5, 0.6) is 11.5 Å². The number of nitro benzene ring substituents is 1. The van der Waals surface area contributed by atoms with E-state index in [-0.39, 0.29) is 23.1 Å². The highest BCUT2D eigenvalue weighted by Gasteiger charge is 2.18. The Morgan fingerprint density at radius 1 is 1.35 bits per heavy atom. The Kier molecular flexibility index (Phi) is 4.22. The second-order valence-corrected chi connectivity index (χ2v) is 4.61. The van der Waals surface area contributed by atoms with E-state index in [1.807, 2.05) is 0 Å². The summed E-state index contributed by atoms with van der Waals surface area (Å²) in [4.78, 5) is 10.5. The molecule has 0 spiro atoms. The highest BCUT2D eigenvalue weighted by Crippen LogP contribution is 2.37. The first-order valence-electron chi connectivity index (χ1n) is 5.84. The quantitative estimate of drug-likeness (QED) is 0.686. The first-order valence-corrected chi connectivity index (χ1v) is 6.22. The lowest BCUT2D eigenvalue weighted by Crippen LogP contribution is -1.96. The summed E-state index contributed by atoms with van der Waals surface area (Å²) in [6, 6.07) is 9.46. The first-order chi connectivity index (χ1) is 9.52. The normalized spacial score (nSPS) is 10.3. The number of aliphatic hydroxyl groups excluding tert-OH is 1. The maximum absolute atomic E-state index is 11.0. The molecule has 5 nitrogen and oxygen atoms in total. The van der Waals surface area contributed by atoms with Crippen molar-refractivity contribution < 1.29 is 14.8 Å². The van der Waals surface area contributed by atoms with Gasteiger partial charge in [-0.25, -0.2) is 0 Å². The Hall–Kier alpha value is -2.11. The minimum atomic E-state index is -0.502. The van der Waals surface area contributed by atoms with Crippen molar-refractivity contribution in [2.24, 2.45) is 0 Å². The average Bonchev–Trinajstić information content (AvgIpc) is 2.42. The molecular formula is C14H12ClNO4. The third-order valence-corrected chi connectivity index (χ3v) is 3.07. The fourth-order valence-corrected chi connectivity index (χ4v) is 1.99. The maximum Gasteiger partial charge on any atom is 0.311 e.